The first-order chi connectivity index (χ1) is 17.7. The summed E-state index contributed by atoms with van der Waals surface area (Å²) in [6.45, 7) is 10.2. The van der Waals surface area contributed by atoms with Crippen LogP contribution >= 0.6 is 0 Å². The van der Waals surface area contributed by atoms with Gasteiger partial charge in [0.15, 0.2) is 0 Å². The maximum absolute atomic E-state index is 13.3. The first-order valence-corrected chi connectivity index (χ1v) is 12.8. The van der Waals surface area contributed by atoms with Crippen LogP contribution in [0, 0.1) is 13.8 Å². The third-order valence-corrected chi connectivity index (χ3v) is 7.22. The van der Waals surface area contributed by atoms with E-state index in [-0.39, 0.29) is 24.6 Å². The van der Waals surface area contributed by atoms with Crippen LogP contribution in [0.15, 0.2) is 59.8 Å². The molecule has 0 spiro atoms. The Bertz CT molecular complexity index is 1210. The van der Waals surface area contributed by atoms with E-state index in [1.54, 1.807) is 14.0 Å². The van der Waals surface area contributed by atoms with Crippen molar-refractivity contribution in [2.75, 3.05) is 39.8 Å². The molecule has 8 heteroatoms. The first-order valence-electron chi connectivity index (χ1n) is 12.8. The van der Waals surface area contributed by atoms with Crippen molar-refractivity contribution in [2.45, 2.75) is 39.8 Å². The number of carbonyl (C=O) groups excluding carboxylic acids is 3. The second kappa shape index (κ2) is 11.2. The van der Waals surface area contributed by atoms with E-state index in [1.807, 2.05) is 74.2 Å². The Morgan fingerprint density at radius 3 is 2.41 bits per heavy atom. The van der Waals surface area contributed by atoms with E-state index in [0.717, 1.165) is 16.7 Å². The van der Waals surface area contributed by atoms with Crippen LogP contribution in [-0.4, -0.2) is 78.5 Å². The lowest BCUT2D eigenvalue weighted by Gasteiger charge is -2.42. The second-order valence-corrected chi connectivity index (χ2v) is 9.83. The van der Waals surface area contributed by atoms with Gasteiger partial charge in [-0.25, -0.2) is 9.59 Å². The molecule has 2 aromatic carbocycles. The highest BCUT2D eigenvalue weighted by atomic mass is 16.5. The molecule has 37 heavy (non-hydrogen) atoms. The summed E-state index contributed by atoms with van der Waals surface area (Å²) >= 11 is 0. The summed E-state index contributed by atoms with van der Waals surface area (Å²) in [7, 11) is 1.68. The molecule has 2 aromatic rings. The average molecular weight is 505 g/mol. The average Bonchev–Trinajstić information content (AvgIpc) is 2.87. The van der Waals surface area contributed by atoms with Crippen LogP contribution in [0.4, 0.5) is 4.79 Å². The lowest BCUT2D eigenvalue weighted by molar-refractivity contribution is -0.139. The summed E-state index contributed by atoms with van der Waals surface area (Å²) in [5.74, 6) is -0.411. The fourth-order valence-corrected chi connectivity index (χ4v) is 5.09. The first kappa shape index (κ1) is 26.4. The van der Waals surface area contributed by atoms with Gasteiger partial charge in [-0.1, -0.05) is 42.0 Å². The summed E-state index contributed by atoms with van der Waals surface area (Å²) in [6.07, 6.45) is 0. The van der Waals surface area contributed by atoms with Gasteiger partial charge >= 0.3 is 12.0 Å². The minimum atomic E-state index is -0.597. The van der Waals surface area contributed by atoms with Gasteiger partial charge in [-0.3, -0.25) is 14.6 Å². The SMILES string of the molecule is CCOC(=O)C1=C(CN2CCN(C(=O)c3ccc(C)cc3)[C@@H](C)C2)N(C)C(=O)N[C@H]1c1ccccc1C. The topological polar surface area (TPSA) is 82.2 Å². The van der Waals surface area contributed by atoms with Crippen LogP contribution in [0.1, 0.15) is 46.9 Å². The number of rotatable bonds is 6. The minimum Gasteiger partial charge on any atom is -0.463 e. The largest absolute Gasteiger partial charge is 0.463 e. The zero-order chi connectivity index (χ0) is 26.7. The molecule has 0 aromatic heterocycles. The summed E-state index contributed by atoms with van der Waals surface area (Å²) < 4.78 is 5.46. The standard InChI is InChI=1S/C29H36N4O4/c1-6-37-28(35)25-24(31(5)29(36)30-26(25)23-10-8-7-9-20(23)3)18-32-15-16-33(21(4)17-32)27(34)22-13-11-19(2)12-14-22/h7-14,21,26H,6,15-18H2,1-5H3,(H,30,36)/t21-,26-/m0/s1. The molecule has 3 amide bonds. The molecule has 1 N–H and O–H groups in total. The maximum atomic E-state index is 13.3. The predicted molar refractivity (Wildman–Crippen MR) is 142 cm³/mol. The van der Waals surface area contributed by atoms with Crippen molar-refractivity contribution >= 4 is 17.9 Å². The zero-order valence-corrected chi connectivity index (χ0v) is 22.3. The fourth-order valence-electron chi connectivity index (χ4n) is 5.09. The molecule has 1 fully saturated rings. The second-order valence-electron chi connectivity index (χ2n) is 9.83. The number of aryl methyl sites for hydroxylation is 2. The van der Waals surface area contributed by atoms with Crippen molar-refractivity contribution in [2.24, 2.45) is 0 Å². The molecular weight excluding hydrogens is 468 g/mol. The molecule has 0 bridgehead atoms. The number of hydrogen-bond donors (Lipinski definition) is 1. The summed E-state index contributed by atoms with van der Waals surface area (Å²) in [4.78, 5) is 45.0. The molecule has 8 nitrogen and oxygen atoms in total. The fraction of sp³-hybridized carbons (Fsp3) is 0.414. The third-order valence-electron chi connectivity index (χ3n) is 7.22. The van der Waals surface area contributed by atoms with Crippen LogP contribution in [0.5, 0.6) is 0 Å². The van der Waals surface area contributed by atoms with Gasteiger partial charge < -0.3 is 15.0 Å². The number of benzene rings is 2. The number of likely N-dealkylation sites (N-methyl/N-ethyl adjacent to an activating group) is 1. The Balaban J connectivity index is 1.60. The van der Waals surface area contributed by atoms with Crippen molar-refractivity contribution in [3.63, 3.8) is 0 Å². The summed E-state index contributed by atoms with van der Waals surface area (Å²) in [6, 6.07) is 14.5. The van der Waals surface area contributed by atoms with E-state index >= 15 is 0 Å². The number of urea groups is 1. The molecule has 0 unspecified atom stereocenters. The van der Waals surface area contributed by atoms with E-state index in [0.29, 0.717) is 43.0 Å². The number of carbonyl (C=O) groups is 3. The van der Waals surface area contributed by atoms with Gasteiger partial charge in [0, 0.05) is 50.5 Å². The minimum absolute atomic E-state index is 0.0207. The smallest absolute Gasteiger partial charge is 0.338 e. The normalized spacial score (nSPS) is 20.6. The van der Waals surface area contributed by atoms with Gasteiger partial charge in [0.2, 0.25) is 0 Å². The highest BCUT2D eigenvalue weighted by Crippen LogP contribution is 2.33. The van der Waals surface area contributed by atoms with Crippen LogP contribution in [0.3, 0.4) is 0 Å². The lowest BCUT2D eigenvalue weighted by atomic mass is 9.91. The van der Waals surface area contributed by atoms with Crippen LogP contribution in [0.2, 0.25) is 0 Å². The molecule has 4 rings (SSSR count). The molecule has 2 atom stereocenters. The van der Waals surface area contributed by atoms with Crippen LogP contribution in [0.25, 0.3) is 0 Å². The predicted octanol–water partition coefficient (Wildman–Crippen LogP) is 3.66. The summed E-state index contributed by atoms with van der Waals surface area (Å²) in [5.41, 5.74) is 4.72. The Kier molecular flexibility index (Phi) is 7.97. The molecule has 0 saturated carbocycles. The van der Waals surface area contributed by atoms with E-state index in [4.69, 9.17) is 4.74 Å². The van der Waals surface area contributed by atoms with Gasteiger partial charge in [-0.2, -0.15) is 0 Å². The Labute approximate surface area is 218 Å². The van der Waals surface area contributed by atoms with Gasteiger partial charge in [-0.15, -0.1) is 0 Å². The Morgan fingerprint density at radius 2 is 1.76 bits per heavy atom. The molecule has 0 aliphatic carbocycles. The van der Waals surface area contributed by atoms with Gasteiger partial charge in [0.1, 0.15) is 0 Å². The molecular formula is C29H36N4O4. The number of nitrogens with one attached hydrogen (secondary N) is 1. The van der Waals surface area contributed by atoms with Gasteiger partial charge in [-0.05, 0) is 51.0 Å². The number of esters is 1. The number of hydrogen-bond acceptors (Lipinski definition) is 5. The van der Waals surface area contributed by atoms with Crippen molar-refractivity contribution < 1.29 is 19.1 Å². The number of piperazine rings is 1. The molecule has 196 valence electrons. The van der Waals surface area contributed by atoms with Crippen LogP contribution < -0.4 is 5.32 Å². The summed E-state index contributed by atoms with van der Waals surface area (Å²) in [5, 5.41) is 2.99. The van der Waals surface area contributed by atoms with E-state index in [1.165, 1.54) is 4.90 Å². The number of ether oxygens (including phenoxy) is 1. The van der Waals surface area contributed by atoms with Crippen molar-refractivity contribution in [1.82, 2.24) is 20.0 Å². The monoisotopic (exact) mass is 504 g/mol. The number of nitrogens with zero attached hydrogens (tertiary/aromatic N) is 3. The van der Waals surface area contributed by atoms with Gasteiger partial charge in [0.25, 0.3) is 5.91 Å². The quantitative estimate of drug-likeness (QED) is 0.607. The van der Waals surface area contributed by atoms with Crippen molar-refractivity contribution in [1.29, 1.82) is 0 Å². The van der Waals surface area contributed by atoms with E-state index < -0.39 is 12.0 Å². The maximum Gasteiger partial charge on any atom is 0.338 e. The highest BCUT2D eigenvalue weighted by Gasteiger charge is 2.38. The highest BCUT2D eigenvalue weighted by molar-refractivity contribution is 5.95. The lowest BCUT2D eigenvalue weighted by Crippen LogP contribution is -2.56. The molecule has 2 heterocycles. The molecule has 2 aliphatic rings. The van der Waals surface area contributed by atoms with Crippen LogP contribution in [-0.2, 0) is 9.53 Å². The molecule has 2 aliphatic heterocycles. The van der Waals surface area contributed by atoms with Crippen molar-refractivity contribution in [3.05, 3.63) is 82.1 Å². The van der Waals surface area contributed by atoms with Gasteiger partial charge in [0.05, 0.1) is 18.2 Å². The Hall–Kier alpha value is -3.65. The Morgan fingerprint density at radius 1 is 1.05 bits per heavy atom. The third kappa shape index (κ3) is 5.54. The van der Waals surface area contributed by atoms with Crippen molar-refractivity contribution in [3.8, 4) is 0 Å². The number of amides is 3. The zero-order valence-electron chi connectivity index (χ0n) is 22.3. The van der Waals surface area contributed by atoms with E-state index in [9.17, 15) is 14.4 Å². The molecule has 1 saturated heterocycles. The van der Waals surface area contributed by atoms with E-state index in [2.05, 4.69) is 10.2 Å². The molecule has 0 radical (unpaired) electrons.